The number of carbonyl (C=O) groups is 2. The molecule has 1 saturated heterocycles. The van der Waals surface area contributed by atoms with Crippen LogP contribution in [0.5, 0.6) is 0 Å². The maximum absolute atomic E-state index is 12.4. The minimum atomic E-state index is -1.06. The normalized spacial score (nSPS) is 18.1. The molecule has 1 aromatic heterocycles. The van der Waals surface area contributed by atoms with Gasteiger partial charge in [0.15, 0.2) is 0 Å². The highest BCUT2D eigenvalue weighted by molar-refractivity contribution is 6.31. The number of aromatic amines is 1. The molecular formula is C14H14ClN3O3. The molecule has 1 fully saturated rings. The van der Waals surface area contributed by atoms with E-state index in [0.29, 0.717) is 30.2 Å². The van der Waals surface area contributed by atoms with Gasteiger partial charge in [-0.25, -0.2) is 4.79 Å². The number of rotatable bonds is 2. The second kappa shape index (κ2) is 5.29. The van der Waals surface area contributed by atoms with E-state index < -0.39 is 6.09 Å². The predicted octanol–water partition coefficient (Wildman–Crippen LogP) is 2.30. The van der Waals surface area contributed by atoms with Crippen LogP contribution in [0.1, 0.15) is 16.9 Å². The topological polar surface area (TPSA) is 85.4 Å². The van der Waals surface area contributed by atoms with E-state index in [9.17, 15) is 9.59 Å². The van der Waals surface area contributed by atoms with Crippen molar-refractivity contribution >= 4 is 34.5 Å². The highest BCUT2D eigenvalue weighted by Crippen LogP contribution is 2.22. The molecule has 1 aliphatic rings. The molecule has 1 aliphatic heterocycles. The van der Waals surface area contributed by atoms with Crippen molar-refractivity contribution in [2.24, 2.45) is 0 Å². The van der Waals surface area contributed by atoms with E-state index >= 15 is 0 Å². The quantitative estimate of drug-likeness (QED) is 0.796. The van der Waals surface area contributed by atoms with Gasteiger partial charge in [0, 0.05) is 29.0 Å². The number of benzene rings is 1. The van der Waals surface area contributed by atoms with E-state index in [1.165, 1.54) is 0 Å². The smallest absolute Gasteiger partial charge is 0.404 e. The molecule has 2 amide bonds. The number of hydrogen-bond acceptors (Lipinski definition) is 2. The Labute approximate surface area is 125 Å². The van der Waals surface area contributed by atoms with Crippen LogP contribution >= 0.6 is 11.6 Å². The lowest BCUT2D eigenvalue weighted by Crippen LogP contribution is -2.37. The number of halogens is 1. The summed E-state index contributed by atoms with van der Waals surface area (Å²) in [5.74, 6) is -0.128. The minimum absolute atomic E-state index is 0.128. The van der Waals surface area contributed by atoms with Crippen molar-refractivity contribution in [3.63, 3.8) is 0 Å². The molecule has 0 bridgehead atoms. The van der Waals surface area contributed by atoms with Crippen molar-refractivity contribution in [2.75, 3.05) is 13.1 Å². The molecule has 7 heteroatoms. The average molecular weight is 308 g/mol. The Balaban J connectivity index is 1.76. The summed E-state index contributed by atoms with van der Waals surface area (Å²) < 4.78 is 0. The molecule has 1 aromatic carbocycles. The zero-order chi connectivity index (χ0) is 15.0. The van der Waals surface area contributed by atoms with Crippen LogP contribution in [0.3, 0.4) is 0 Å². The number of fused-ring (bicyclic) bond motifs is 1. The van der Waals surface area contributed by atoms with Gasteiger partial charge < -0.3 is 20.3 Å². The molecule has 0 saturated carbocycles. The van der Waals surface area contributed by atoms with Crippen molar-refractivity contribution in [3.8, 4) is 0 Å². The van der Waals surface area contributed by atoms with Crippen LogP contribution in [-0.4, -0.2) is 46.1 Å². The third-order valence-corrected chi connectivity index (χ3v) is 3.85. The monoisotopic (exact) mass is 307 g/mol. The number of nitrogens with zero attached hydrogens (tertiary/aromatic N) is 1. The molecule has 2 heterocycles. The van der Waals surface area contributed by atoms with Gasteiger partial charge in [-0.15, -0.1) is 0 Å². The molecule has 0 aliphatic carbocycles. The first kappa shape index (κ1) is 13.8. The van der Waals surface area contributed by atoms with Gasteiger partial charge in [0.2, 0.25) is 0 Å². The summed E-state index contributed by atoms with van der Waals surface area (Å²) in [5.41, 5.74) is 1.34. The first-order valence-electron chi connectivity index (χ1n) is 6.60. The van der Waals surface area contributed by atoms with Crippen molar-refractivity contribution < 1.29 is 14.7 Å². The van der Waals surface area contributed by atoms with E-state index in [0.717, 1.165) is 10.9 Å². The van der Waals surface area contributed by atoms with Crippen LogP contribution in [0.4, 0.5) is 4.79 Å². The van der Waals surface area contributed by atoms with Crippen LogP contribution < -0.4 is 5.32 Å². The Kier molecular flexibility index (Phi) is 3.47. The van der Waals surface area contributed by atoms with Crippen LogP contribution in [0.25, 0.3) is 10.9 Å². The number of amides is 2. The van der Waals surface area contributed by atoms with Gasteiger partial charge in [-0.3, -0.25) is 4.79 Å². The van der Waals surface area contributed by atoms with Gasteiger partial charge >= 0.3 is 6.09 Å². The van der Waals surface area contributed by atoms with E-state index in [1.54, 1.807) is 23.1 Å². The van der Waals surface area contributed by atoms with Crippen molar-refractivity contribution in [1.82, 2.24) is 15.2 Å². The lowest BCUT2D eigenvalue weighted by Gasteiger charge is -2.15. The third-order valence-electron chi connectivity index (χ3n) is 3.62. The summed E-state index contributed by atoms with van der Waals surface area (Å²) in [4.78, 5) is 27.8. The summed E-state index contributed by atoms with van der Waals surface area (Å²) in [7, 11) is 0. The van der Waals surface area contributed by atoms with Crippen molar-refractivity contribution in [1.29, 1.82) is 0 Å². The minimum Gasteiger partial charge on any atom is -0.465 e. The standard InChI is InChI=1S/C14H14ClN3O3/c15-9-1-2-11-8(5-9)6-12(17-11)13(19)18-4-3-10(7-18)16-14(20)21/h1-2,5-6,10,16-17H,3-4,7H2,(H,20,21)/t10-/m1/s1. The highest BCUT2D eigenvalue weighted by atomic mass is 35.5. The fraction of sp³-hybridized carbons (Fsp3) is 0.286. The van der Waals surface area contributed by atoms with Gasteiger partial charge in [0.05, 0.1) is 6.04 Å². The maximum atomic E-state index is 12.4. The molecule has 0 unspecified atom stereocenters. The van der Waals surface area contributed by atoms with Crippen LogP contribution in [0, 0.1) is 0 Å². The van der Waals surface area contributed by atoms with E-state index in [-0.39, 0.29) is 11.9 Å². The second-order valence-corrected chi connectivity index (χ2v) is 5.54. The molecule has 2 aromatic rings. The van der Waals surface area contributed by atoms with Crippen LogP contribution in [-0.2, 0) is 0 Å². The van der Waals surface area contributed by atoms with Crippen molar-refractivity contribution in [3.05, 3.63) is 35.0 Å². The van der Waals surface area contributed by atoms with Gasteiger partial charge in [0.25, 0.3) is 5.91 Å². The summed E-state index contributed by atoms with van der Waals surface area (Å²) in [5, 5.41) is 12.6. The molecule has 1 atom stereocenters. The number of likely N-dealkylation sites (tertiary alicyclic amines) is 1. The average Bonchev–Trinajstić information content (AvgIpc) is 3.03. The SMILES string of the molecule is O=C(O)N[C@@H]1CCN(C(=O)c2cc3cc(Cl)ccc3[nH]2)C1. The first-order chi connectivity index (χ1) is 10.0. The van der Waals surface area contributed by atoms with E-state index in [1.807, 2.05) is 6.07 Å². The molecular weight excluding hydrogens is 294 g/mol. The Morgan fingerprint density at radius 2 is 2.19 bits per heavy atom. The number of nitrogens with one attached hydrogen (secondary N) is 2. The second-order valence-electron chi connectivity index (χ2n) is 5.10. The lowest BCUT2D eigenvalue weighted by molar-refractivity contribution is 0.0783. The Morgan fingerprint density at radius 1 is 1.38 bits per heavy atom. The zero-order valence-corrected chi connectivity index (χ0v) is 11.9. The van der Waals surface area contributed by atoms with Gasteiger partial charge in [-0.2, -0.15) is 0 Å². The summed E-state index contributed by atoms with van der Waals surface area (Å²) in [6.07, 6.45) is -0.432. The van der Waals surface area contributed by atoms with Crippen LogP contribution in [0.15, 0.2) is 24.3 Å². The number of H-pyrrole nitrogens is 1. The lowest BCUT2D eigenvalue weighted by atomic mass is 10.2. The fourth-order valence-electron chi connectivity index (χ4n) is 2.63. The molecule has 0 spiro atoms. The molecule has 21 heavy (non-hydrogen) atoms. The molecule has 6 nitrogen and oxygen atoms in total. The molecule has 3 N–H and O–H groups in total. The molecule has 3 rings (SSSR count). The predicted molar refractivity (Wildman–Crippen MR) is 78.8 cm³/mol. The highest BCUT2D eigenvalue weighted by Gasteiger charge is 2.28. The Bertz CT molecular complexity index is 713. The molecule has 0 radical (unpaired) electrons. The number of aromatic nitrogens is 1. The largest absolute Gasteiger partial charge is 0.465 e. The summed E-state index contributed by atoms with van der Waals surface area (Å²) in [6.45, 7) is 0.932. The van der Waals surface area contributed by atoms with E-state index in [2.05, 4.69) is 10.3 Å². The van der Waals surface area contributed by atoms with Crippen LogP contribution in [0.2, 0.25) is 5.02 Å². The van der Waals surface area contributed by atoms with Crippen molar-refractivity contribution in [2.45, 2.75) is 12.5 Å². The Hall–Kier alpha value is -2.21. The number of carboxylic acid groups (broad SMARTS) is 1. The summed E-state index contributed by atoms with van der Waals surface area (Å²) >= 11 is 5.93. The van der Waals surface area contributed by atoms with Gasteiger partial charge in [-0.05, 0) is 30.7 Å². The fourth-order valence-corrected chi connectivity index (χ4v) is 2.81. The summed E-state index contributed by atoms with van der Waals surface area (Å²) in [6, 6.07) is 6.94. The number of hydrogen-bond donors (Lipinski definition) is 3. The third kappa shape index (κ3) is 2.80. The van der Waals surface area contributed by atoms with E-state index in [4.69, 9.17) is 16.7 Å². The van der Waals surface area contributed by atoms with Gasteiger partial charge in [0.1, 0.15) is 5.69 Å². The zero-order valence-electron chi connectivity index (χ0n) is 11.1. The Morgan fingerprint density at radius 3 is 2.95 bits per heavy atom. The van der Waals surface area contributed by atoms with Gasteiger partial charge in [-0.1, -0.05) is 11.6 Å². The first-order valence-corrected chi connectivity index (χ1v) is 6.98. The number of carbonyl (C=O) groups excluding carboxylic acids is 1. The molecule has 110 valence electrons. The maximum Gasteiger partial charge on any atom is 0.404 e.